The van der Waals surface area contributed by atoms with Crippen LogP contribution in [0.3, 0.4) is 0 Å². The van der Waals surface area contributed by atoms with Crippen LogP contribution in [0.15, 0.2) is 36.5 Å². The molecule has 3 heteroatoms. The Bertz CT molecular complexity index is 395. The molecule has 0 amide bonds. The minimum absolute atomic E-state index is 0.169. The molecule has 1 atom stereocenters. The second kappa shape index (κ2) is 7.72. The summed E-state index contributed by atoms with van der Waals surface area (Å²) < 4.78 is 5.40. The van der Waals surface area contributed by atoms with Crippen molar-refractivity contribution in [2.75, 3.05) is 0 Å². The lowest BCUT2D eigenvalue weighted by molar-refractivity contribution is -0.148. The first-order valence-electron chi connectivity index (χ1n) is 6.35. The summed E-state index contributed by atoms with van der Waals surface area (Å²) in [6.45, 7) is 13.1. The number of carbonyl (C=O) groups excluding carboxylic acids is 2. The van der Waals surface area contributed by atoms with Crippen molar-refractivity contribution in [1.82, 2.24) is 0 Å². The molecule has 0 N–H and O–H groups in total. The first kappa shape index (κ1) is 17.4. The van der Waals surface area contributed by atoms with Crippen molar-refractivity contribution in [1.29, 1.82) is 0 Å². The summed E-state index contributed by atoms with van der Waals surface area (Å²) in [4.78, 5) is 22.4. The summed E-state index contributed by atoms with van der Waals surface area (Å²) in [5, 5.41) is 0. The van der Waals surface area contributed by atoms with Crippen LogP contribution in [0, 0.1) is 5.41 Å². The van der Waals surface area contributed by atoms with Gasteiger partial charge in [-0.3, -0.25) is 4.79 Å². The molecule has 0 aromatic carbocycles. The molecule has 0 aromatic rings. The van der Waals surface area contributed by atoms with Gasteiger partial charge in [0.25, 0.3) is 0 Å². The number of esters is 1. The van der Waals surface area contributed by atoms with Crippen molar-refractivity contribution >= 4 is 11.8 Å². The zero-order chi connectivity index (χ0) is 15.1. The second-order valence-electron chi connectivity index (χ2n) is 5.62. The minimum Gasteiger partial charge on any atom is -0.458 e. The van der Waals surface area contributed by atoms with Crippen molar-refractivity contribution in [3.8, 4) is 0 Å². The van der Waals surface area contributed by atoms with Crippen LogP contribution in [0.2, 0.25) is 0 Å². The van der Waals surface area contributed by atoms with E-state index in [9.17, 15) is 9.59 Å². The highest BCUT2D eigenvalue weighted by Crippen LogP contribution is 2.26. The van der Waals surface area contributed by atoms with E-state index in [1.807, 2.05) is 33.8 Å². The van der Waals surface area contributed by atoms with Gasteiger partial charge in [0.2, 0.25) is 0 Å². The first-order chi connectivity index (χ1) is 8.66. The van der Waals surface area contributed by atoms with E-state index in [1.54, 1.807) is 6.08 Å². The third-order valence-electron chi connectivity index (χ3n) is 2.65. The quantitative estimate of drug-likeness (QED) is 0.418. The van der Waals surface area contributed by atoms with Gasteiger partial charge in [0.15, 0.2) is 5.78 Å². The van der Waals surface area contributed by atoms with Gasteiger partial charge in [-0.05, 0) is 25.3 Å². The van der Waals surface area contributed by atoms with Crippen molar-refractivity contribution < 1.29 is 14.3 Å². The molecule has 0 saturated heterocycles. The zero-order valence-electron chi connectivity index (χ0n) is 12.5. The molecule has 0 fully saturated rings. The Labute approximate surface area is 116 Å². The molecule has 0 radical (unpaired) electrons. The van der Waals surface area contributed by atoms with Gasteiger partial charge in [-0.15, -0.1) is 0 Å². The van der Waals surface area contributed by atoms with E-state index >= 15 is 0 Å². The second-order valence-corrected chi connectivity index (χ2v) is 5.62. The van der Waals surface area contributed by atoms with Crippen molar-refractivity contribution in [2.45, 2.75) is 47.1 Å². The van der Waals surface area contributed by atoms with E-state index in [1.165, 1.54) is 19.1 Å². The van der Waals surface area contributed by atoms with Crippen LogP contribution in [0.5, 0.6) is 0 Å². The molecular formula is C16H24O3. The van der Waals surface area contributed by atoms with Gasteiger partial charge < -0.3 is 4.74 Å². The molecule has 0 aliphatic carbocycles. The average molecular weight is 264 g/mol. The molecule has 3 nitrogen and oxygen atoms in total. The molecule has 0 heterocycles. The Kier molecular flexibility index (Phi) is 7.05. The van der Waals surface area contributed by atoms with Gasteiger partial charge in [-0.2, -0.15) is 0 Å². The van der Waals surface area contributed by atoms with E-state index in [-0.39, 0.29) is 17.3 Å². The van der Waals surface area contributed by atoms with Gasteiger partial charge in [0.05, 0.1) is 0 Å². The lowest BCUT2D eigenvalue weighted by Crippen LogP contribution is -2.30. The molecule has 0 spiro atoms. The molecule has 0 saturated carbocycles. The normalized spacial score (nSPS) is 14.3. The maximum atomic E-state index is 11.6. The monoisotopic (exact) mass is 264 g/mol. The first-order valence-corrected chi connectivity index (χ1v) is 6.35. The Hall–Kier alpha value is -1.64. The lowest BCUT2D eigenvalue weighted by atomic mass is 9.86. The molecule has 0 unspecified atom stereocenters. The van der Waals surface area contributed by atoms with E-state index in [0.717, 1.165) is 5.57 Å². The standard InChI is InChI=1S/C16H24O3/c1-7-12(2)8-10-14(16(4,5)6)19-15(18)11-9-13(3)17/h7-9,11,14H,1,10H2,2-6H3/b11-9+,12-8+/t14-/m1/s1. The largest absolute Gasteiger partial charge is 0.458 e. The molecule has 0 bridgehead atoms. The van der Waals surface area contributed by atoms with Crippen LogP contribution in [0.1, 0.15) is 41.0 Å². The maximum absolute atomic E-state index is 11.6. The number of hydrogen-bond acceptors (Lipinski definition) is 3. The molecule has 0 aliphatic rings. The molecule has 106 valence electrons. The van der Waals surface area contributed by atoms with E-state index in [4.69, 9.17) is 4.74 Å². The van der Waals surface area contributed by atoms with E-state index in [0.29, 0.717) is 6.42 Å². The van der Waals surface area contributed by atoms with Gasteiger partial charge in [-0.25, -0.2) is 4.79 Å². The number of carbonyl (C=O) groups is 2. The SMILES string of the molecule is C=C/C(C)=C/C[C@@H](OC(=O)/C=C/C(C)=O)C(C)(C)C. The highest BCUT2D eigenvalue weighted by Gasteiger charge is 2.26. The fraction of sp³-hybridized carbons (Fsp3) is 0.500. The third-order valence-corrected chi connectivity index (χ3v) is 2.65. The Morgan fingerprint density at radius 1 is 1.21 bits per heavy atom. The van der Waals surface area contributed by atoms with Crippen molar-refractivity contribution in [3.63, 3.8) is 0 Å². The number of ether oxygens (including phenoxy) is 1. The summed E-state index contributed by atoms with van der Waals surface area (Å²) in [6, 6.07) is 0. The zero-order valence-corrected chi connectivity index (χ0v) is 12.5. The topological polar surface area (TPSA) is 43.4 Å². The smallest absolute Gasteiger partial charge is 0.331 e. The Morgan fingerprint density at radius 2 is 1.79 bits per heavy atom. The van der Waals surface area contributed by atoms with Crippen LogP contribution in [-0.4, -0.2) is 17.9 Å². The number of allylic oxidation sites excluding steroid dienone is 3. The fourth-order valence-electron chi connectivity index (χ4n) is 1.32. The van der Waals surface area contributed by atoms with Gasteiger partial charge >= 0.3 is 5.97 Å². The van der Waals surface area contributed by atoms with Gasteiger partial charge in [0.1, 0.15) is 6.10 Å². The summed E-state index contributed by atoms with van der Waals surface area (Å²) in [7, 11) is 0. The summed E-state index contributed by atoms with van der Waals surface area (Å²) >= 11 is 0. The van der Waals surface area contributed by atoms with Crippen LogP contribution in [0.4, 0.5) is 0 Å². The highest BCUT2D eigenvalue weighted by atomic mass is 16.5. The molecule has 19 heavy (non-hydrogen) atoms. The van der Waals surface area contributed by atoms with Crippen LogP contribution < -0.4 is 0 Å². The Morgan fingerprint density at radius 3 is 2.21 bits per heavy atom. The van der Waals surface area contributed by atoms with Gasteiger partial charge in [0, 0.05) is 12.5 Å². The molecule has 0 aromatic heterocycles. The van der Waals surface area contributed by atoms with Crippen molar-refractivity contribution in [3.05, 3.63) is 36.5 Å². The maximum Gasteiger partial charge on any atom is 0.331 e. The summed E-state index contributed by atoms with van der Waals surface area (Å²) in [6.07, 6.45) is 6.52. The summed E-state index contributed by atoms with van der Waals surface area (Å²) in [5.41, 5.74) is 0.877. The predicted molar refractivity (Wildman–Crippen MR) is 77.7 cm³/mol. The van der Waals surface area contributed by atoms with E-state index in [2.05, 4.69) is 6.58 Å². The van der Waals surface area contributed by atoms with E-state index < -0.39 is 5.97 Å². The molecule has 0 aliphatic heterocycles. The Balaban J connectivity index is 4.75. The summed E-state index contributed by atoms with van der Waals surface area (Å²) in [5.74, 6) is -0.661. The lowest BCUT2D eigenvalue weighted by Gasteiger charge is -2.29. The third kappa shape index (κ3) is 8.14. The molecule has 0 rings (SSSR count). The minimum atomic E-state index is -0.486. The predicted octanol–water partition coefficient (Wildman–Crippen LogP) is 3.61. The molecular weight excluding hydrogens is 240 g/mol. The fourth-order valence-corrected chi connectivity index (χ4v) is 1.32. The van der Waals surface area contributed by atoms with Crippen LogP contribution >= 0.6 is 0 Å². The average Bonchev–Trinajstić information content (AvgIpc) is 2.29. The van der Waals surface area contributed by atoms with Crippen LogP contribution in [0.25, 0.3) is 0 Å². The number of rotatable bonds is 6. The number of ketones is 1. The number of hydrogen-bond donors (Lipinski definition) is 0. The van der Waals surface area contributed by atoms with Crippen molar-refractivity contribution in [2.24, 2.45) is 5.41 Å². The highest BCUT2D eigenvalue weighted by molar-refractivity contribution is 5.94. The van der Waals surface area contributed by atoms with Gasteiger partial charge in [-0.1, -0.05) is 45.1 Å². The van der Waals surface area contributed by atoms with Crippen LogP contribution in [-0.2, 0) is 14.3 Å².